The Bertz CT molecular complexity index is 2240. The highest BCUT2D eigenvalue weighted by Crippen LogP contribution is 2.54. The number of rotatable bonds is 9. The zero-order valence-corrected chi connectivity index (χ0v) is 27.7. The summed E-state index contributed by atoms with van der Waals surface area (Å²) < 4.78 is 163. The van der Waals surface area contributed by atoms with Crippen molar-refractivity contribution in [1.29, 1.82) is 0 Å². The zero-order valence-electron chi connectivity index (χ0n) is 26.9. The van der Waals surface area contributed by atoms with Crippen molar-refractivity contribution < 1.29 is 62.6 Å². The maximum Gasteiger partial charge on any atom is 0.430 e. The Hall–Kier alpha value is -5.16. The molecule has 4 aromatic carbocycles. The summed E-state index contributed by atoms with van der Waals surface area (Å²) >= 11 is 0. The first kappa shape index (κ1) is 37.6. The number of hydrogen-bond donors (Lipinski definition) is 1. The lowest BCUT2D eigenvalue weighted by molar-refractivity contribution is -0.392. The van der Waals surface area contributed by atoms with Crippen molar-refractivity contribution in [1.82, 2.24) is 9.78 Å². The highest BCUT2D eigenvalue weighted by molar-refractivity contribution is 7.92. The molecule has 53 heavy (non-hydrogen) atoms. The Balaban J connectivity index is 1.46. The Labute approximate surface area is 295 Å². The Morgan fingerprint density at radius 1 is 0.830 bits per heavy atom. The number of ether oxygens (including phenoxy) is 1. The Morgan fingerprint density at radius 2 is 1.42 bits per heavy atom. The number of hydrogen-bond acceptors (Lipinski definition) is 5. The lowest BCUT2D eigenvalue weighted by Gasteiger charge is -2.39. The van der Waals surface area contributed by atoms with Crippen LogP contribution in [0.25, 0.3) is 5.69 Å². The van der Waals surface area contributed by atoms with Crippen LogP contribution in [0.1, 0.15) is 44.7 Å². The highest BCUT2D eigenvalue weighted by atomic mass is 32.2. The summed E-state index contributed by atoms with van der Waals surface area (Å²) in [6, 6.07) is 13.8. The van der Waals surface area contributed by atoms with Gasteiger partial charge in [0.1, 0.15) is 22.2 Å². The molecule has 1 aliphatic rings. The second kappa shape index (κ2) is 13.4. The predicted molar refractivity (Wildman–Crippen MR) is 169 cm³/mol. The van der Waals surface area contributed by atoms with Crippen LogP contribution >= 0.6 is 0 Å². The van der Waals surface area contributed by atoms with Gasteiger partial charge in [-0.15, -0.1) is 0 Å². The molecule has 0 radical (unpaired) electrons. The van der Waals surface area contributed by atoms with Gasteiger partial charge in [0.25, 0.3) is 5.60 Å². The van der Waals surface area contributed by atoms with Gasteiger partial charge in [0.15, 0.2) is 9.84 Å². The highest BCUT2D eigenvalue weighted by Gasteiger charge is 2.73. The second-order valence-electron chi connectivity index (χ2n) is 12.3. The van der Waals surface area contributed by atoms with E-state index < -0.39 is 73.7 Å². The van der Waals surface area contributed by atoms with Crippen molar-refractivity contribution >= 4 is 15.8 Å². The van der Waals surface area contributed by atoms with Crippen molar-refractivity contribution in [2.45, 2.75) is 53.5 Å². The molecule has 278 valence electrons. The summed E-state index contributed by atoms with van der Waals surface area (Å²) in [5, 5.41) is 13.7. The van der Waals surface area contributed by atoms with Crippen LogP contribution < -0.4 is 0 Å². The lowest BCUT2D eigenvalue weighted by atomic mass is 9.81. The molecule has 0 saturated carbocycles. The van der Waals surface area contributed by atoms with Crippen LogP contribution in [0, 0.1) is 17.5 Å². The molecule has 1 N–H and O–H groups in total. The van der Waals surface area contributed by atoms with Gasteiger partial charge in [-0.05, 0) is 91.1 Å². The number of nitrogens with zero attached hydrogens (tertiary/aromatic N) is 2. The van der Waals surface area contributed by atoms with Gasteiger partial charge in [-0.3, -0.25) is 0 Å². The number of alkyl halides is 6. The molecule has 1 heterocycles. The van der Waals surface area contributed by atoms with Crippen LogP contribution in [0.5, 0.6) is 0 Å². The van der Waals surface area contributed by atoms with E-state index in [2.05, 4.69) is 9.84 Å². The number of carboxylic acids is 1. The summed E-state index contributed by atoms with van der Waals surface area (Å²) in [5.41, 5.74) is -6.86. The molecule has 1 aliphatic carbocycles. The van der Waals surface area contributed by atoms with Crippen molar-refractivity contribution in [3.05, 3.63) is 148 Å². The van der Waals surface area contributed by atoms with Crippen LogP contribution in [-0.2, 0) is 44.4 Å². The van der Waals surface area contributed by atoms with Gasteiger partial charge in [-0.1, -0.05) is 30.3 Å². The van der Waals surface area contributed by atoms with Gasteiger partial charge in [0.05, 0.1) is 28.4 Å². The molecule has 6 rings (SSSR count). The SMILES string of the molecule is O=C(O)c1ccc(-n2cc3c(n2)CCC(c2ccc(C(OCc4c(F)cccc4F)(C(F)(F)F)C(F)(F)F)cc2)(S(=O)(=O)c2ccc(F)cc2)C3)cc1. The van der Waals surface area contributed by atoms with Gasteiger partial charge in [0.2, 0.25) is 0 Å². The van der Waals surface area contributed by atoms with E-state index in [1.165, 1.54) is 35.1 Å². The quantitative estimate of drug-likeness (QED) is 0.120. The Kier molecular flexibility index (Phi) is 9.47. The molecule has 0 amide bonds. The normalized spacial score (nSPS) is 16.7. The zero-order chi connectivity index (χ0) is 38.6. The Morgan fingerprint density at radius 3 is 1.96 bits per heavy atom. The van der Waals surface area contributed by atoms with E-state index in [1.54, 1.807) is 0 Å². The molecule has 0 fully saturated rings. The minimum atomic E-state index is -6.23. The third kappa shape index (κ3) is 6.45. The van der Waals surface area contributed by atoms with E-state index in [0.29, 0.717) is 41.2 Å². The molecule has 1 atom stereocenters. The fourth-order valence-corrected chi connectivity index (χ4v) is 8.58. The molecule has 0 aliphatic heterocycles. The summed E-state index contributed by atoms with van der Waals surface area (Å²) in [6.45, 7) is -1.77. The molecule has 1 unspecified atom stereocenters. The van der Waals surface area contributed by atoms with Crippen molar-refractivity contribution in [2.24, 2.45) is 0 Å². The van der Waals surface area contributed by atoms with Crippen LogP contribution in [0.3, 0.4) is 0 Å². The van der Waals surface area contributed by atoms with Gasteiger partial charge < -0.3 is 9.84 Å². The summed E-state index contributed by atoms with van der Waals surface area (Å²) in [4.78, 5) is 10.9. The van der Waals surface area contributed by atoms with Crippen molar-refractivity contribution in [3.8, 4) is 5.69 Å². The van der Waals surface area contributed by atoms with Crippen LogP contribution in [0.4, 0.5) is 39.5 Å². The summed E-state index contributed by atoms with van der Waals surface area (Å²) in [5.74, 6) is -4.83. The topological polar surface area (TPSA) is 98.5 Å². The number of aromatic carboxylic acids is 1. The molecular weight excluding hydrogens is 743 g/mol. The fourth-order valence-electron chi connectivity index (χ4n) is 6.47. The largest absolute Gasteiger partial charge is 0.478 e. The average Bonchev–Trinajstić information content (AvgIpc) is 3.52. The number of aromatic nitrogens is 2. The number of benzene rings is 4. The van der Waals surface area contributed by atoms with Gasteiger partial charge in [-0.25, -0.2) is 31.1 Å². The van der Waals surface area contributed by atoms with E-state index in [1.807, 2.05) is 0 Å². The molecule has 0 bridgehead atoms. The van der Waals surface area contributed by atoms with Crippen molar-refractivity contribution in [2.75, 3.05) is 0 Å². The van der Waals surface area contributed by atoms with E-state index in [9.17, 15) is 57.8 Å². The lowest BCUT2D eigenvalue weighted by Crippen LogP contribution is -2.56. The fraction of sp³-hybridized carbons (Fsp3) is 0.222. The summed E-state index contributed by atoms with van der Waals surface area (Å²) in [7, 11) is -4.60. The number of sulfone groups is 1. The number of fused-ring (bicyclic) bond motifs is 1. The van der Waals surface area contributed by atoms with Crippen LogP contribution in [-0.4, -0.2) is 41.6 Å². The van der Waals surface area contributed by atoms with E-state index in [0.717, 1.165) is 42.5 Å². The first-order valence-corrected chi connectivity index (χ1v) is 17.0. The minimum absolute atomic E-state index is 0.0108. The molecule has 17 heteroatoms. The third-order valence-electron chi connectivity index (χ3n) is 9.25. The minimum Gasteiger partial charge on any atom is -0.478 e. The number of halogens is 9. The van der Waals surface area contributed by atoms with E-state index >= 15 is 0 Å². The van der Waals surface area contributed by atoms with E-state index in [-0.39, 0.29) is 35.3 Å². The van der Waals surface area contributed by atoms with Gasteiger partial charge >= 0.3 is 18.3 Å². The average molecular weight is 769 g/mol. The monoisotopic (exact) mass is 768 g/mol. The smallest absolute Gasteiger partial charge is 0.430 e. The molecular formula is C36H25F9N2O5S. The van der Waals surface area contributed by atoms with E-state index in [4.69, 9.17) is 0 Å². The van der Waals surface area contributed by atoms with Gasteiger partial charge in [-0.2, -0.15) is 31.4 Å². The molecule has 7 nitrogen and oxygen atoms in total. The number of carbonyl (C=O) groups is 1. The van der Waals surface area contributed by atoms with Gasteiger partial charge in [0, 0.05) is 17.3 Å². The molecule has 1 aromatic heterocycles. The second-order valence-corrected chi connectivity index (χ2v) is 14.5. The maximum absolute atomic E-state index is 14.6. The standard InChI is InChI=1S/C36H25F9N2O5S/c37-25-10-14-27(15-11-25)53(50,51)33(17-16-31-22(18-33)19-47(46-31)26-12-4-21(5-13-26)32(48)49)23-6-8-24(9-7-23)34(35(40,41)42,36(43,44)45)52-20-28-29(38)2-1-3-30(28)39/h1-15,19H,16-18,20H2,(H,48,49). The number of aryl methyl sites for hydroxylation is 1. The molecule has 5 aromatic rings. The summed E-state index contributed by atoms with van der Waals surface area (Å²) in [6.07, 6.45) is -11.7. The van der Waals surface area contributed by atoms with Crippen LogP contribution in [0.2, 0.25) is 0 Å². The third-order valence-corrected chi connectivity index (χ3v) is 11.8. The molecule has 0 spiro atoms. The first-order valence-electron chi connectivity index (χ1n) is 15.5. The van der Waals surface area contributed by atoms with Crippen LogP contribution in [0.15, 0.2) is 102 Å². The number of carboxylic acid groups (broad SMARTS) is 1. The predicted octanol–water partition coefficient (Wildman–Crippen LogP) is 8.38. The van der Waals surface area contributed by atoms with Crippen molar-refractivity contribution in [3.63, 3.8) is 0 Å². The first-order chi connectivity index (χ1) is 24.8. The maximum atomic E-state index is 14.6. The molecule has 0 saturated heterocycles.